The molecule has 1 aliphatic heterocycles. The molecule has 0 aliphatic carbocycles. The number of benzene rings is 3. The molecule has 53 heavy (non-hydrogen) atoms. The molecule has 1 fully saturated rings. The molecule has 2 atom stereocenters. The van der Waals surface area contributed by atoms with Crippen LogP contribution in [0.5, 0.6) is 11.5 Å². The number of likely N-dealkylation sites (tertiary alicyclic amines) is 1. The lowest BCUT2D eigenvalue weighted by molar-refractivity contribution is 0.0127. The van der Waals surface area contributed by atoms with Crippen LogP contribution in [0.15, 0.2) is 48.5 Å². The maximum atomic E-state index is 15.4. The Morgan fingerprint density at radius 3 is 2.11 bits per heavy atom. The van der Waals surface area contributed by atoms with Gasteiger partial charge in [-0.3, -0.25) is 9.59 Å². The topological polar surface area (TPSA) is 139 Å². The summed E-state index contributed by atoms with van der Waals surface area (Å²) in [5, 5.41) is 2.99. The largest absolute Gasteiger partial charge is 0.467 e. The molecule has 1 saturated heterocycles. The van der Waals surface area contributed by atoms with Gasteiger partial charge in [0.15, 0.2) is 19.4 Å². The number of aryl methyl sites for hydroxylation is 3. The number of methoxy groups -OCH3 is 2. The number of carbonyl (C=O) groups is 4. The summed E-state index contributed by atoms with van der Waals surface area (Å²) >= 11 is 0. The van der Waals surface area contributed by atoms with Gasteiger partial charge in [0.05, 0.1) is 11.6 Å². The van der Waals surface area contributed by atoms with Crippen molar-refractivity contribution in [2.24, 2.45) is 0 Å². The molecular formula is C40H49FN2O10. The van der Waals surface area contributed by atoms with E-state index in [1.165, 1.54) is 49.5 Å². The zero-order valence-corrected chi connectivity index (χ0v) is 31.6. The fourth-order valence-corrected chi connectivity index (χ4v) is 6.02. The Morgan fingerprint density at radius 1 is 0.887 bits per heavy atom. The summed E-state index contributed by atoms with van der Waals surface area (Å²) in [5.74, 6) is -1.79. The maximum absolute atomic E-state index is 15.4. The number of halogens is 1. The molecule has 3 aromatic rings. The second-order valence-electron chi connectivity index (χ2n) is 13.8. The molecule has 0 unspecified atom stereocenters. The quantitative estimate of drug-likeness (QED) is 0.117. The van der Waals surface area contributed by atoms with Crippen molar-refractivity contribution in [2.45, 2.75) is 78.6 Å². The van der Waals surface area contributed by atoms with Gasteiger partial charge in [-0.15, -0.1) is 0 Å². The van der Waals surface area contributed by atoms with Gasteiger partial charge in [0, 0.05) is 38.4 Å². The van der Waals surface area contributed by atoms with E-state index in [4.69, 9.17) is 28.4 Å². The zero-order valence-electron chi connectivity index (χ0n) is 31.6. The van der Waals surface area contributed by atoms with E-state index in [1.807, 2.05) is 13.8 Å². The Labute approximate surface area is 309 Å². The number of nitrogens with one attached hydrogen (secondary N) is 1. The Balaban J connectivity index is 1.57. The lowest BCUT2D eigenvalue weighted by Gasteiger charge is -2.30. The predicted octanol–water partition coefficient (Wildman–Crippen LogP) is 6.56. The summed E-state index contributed by atoms with van der Waals surface area (Å²) in [5.41, 5.74) is 1.47. The van der Waals surface area contributed by atoms with E-state index in [9.17, 15) is 19.2 Å². The first-order valence-electron chi connectivity index (χ1n) is 17.5. The molecule has 0 saturated carbocycles. The number of nitrogens with zero attached hydrogens (tertiary/aromatic N) is 1. The van der Waals surface area contributed by atoms with Gasteiger partial charge in [-0.05, 0) is 101 Å². The molecule has 1 N–H and O–H groups in total. The minimum absolute atomic E-state index is 0.0227. The minimum atomic E-state index is -0.821. The van der Waals surface area contributed by atoms with E-state index in [2.05, 4.69) is 5.32 Å². The second-order valence-corrected chi connectivity index (χ2v) is 13.8. The molecule has 4 rings (SSSR count). The third-order valence-corrected chi connectivity index (χ3v) is 8.56. The molecule has 0 aromatic heterocycles. The van der Waals surface area contributed by atoms with Crippen LogP contribution in [0.3, 0.4) is 0 Å². The SMILES string of the molecule is CCc1ccc(OCOC)c(C(=O)c2ccc(C(=O)O[C@@H]3CCCN(C(=O)OC(C)(C)C)C[C@H]3NC(=O)c3cc(C)c(OCOC)c(C)c3)cc2)c1F. The highest BCUT2D eigenvalue weighted by Crippen LogP contribution is 2.29. The van der Waals surface area contributed by atoms with E-state index in [-0.39, 0.29) is 42.6 Å². The van der Waals surface area contributed by atoms with Crippen molar-refractivity contribution < 1.29 is 52.0 Å². The van der Waals surface area contributed by atoms with E-state index >= 15 is 4.39 Å². The van der Waals surface area contributed by atoms with Gasteiger partial charge in [-0.25, -0.2) is 14.0 Å². The van der Waals surface area contributed by atoms with Crippen molar-refractivity contribution in [2.75, 3.05) is 40.9 Å². The molecule has 1 aliphatic rings. The summed E-state index contributed by atoms with van der Waals surface area (Å²) < 4.78 is 48.1. The Morgan fingerprint density at radius 2 is 1.51 bits per heavy atom. The van der Waals surface area contributed by atoms with Crippen LogP contribution >= 0.6 is 0 Å². The monoisotopic (exact) mass is 736 g/mol. The molecule has 0 radical (unpaired) electrons. The van der Waals surface area contributed by atoms with Crippen LogP contribution in [0.4, 0.5) is 9.18 Å². The van der Waals surface area contributed by atoms with Gasteiger partial charge in [-0.1, -0.05) is 25.1 Å². The van der Waals surface area contributed by atoms with Gasteiger partial charge in [0.1, 0.15) is 34.6 Å². The highest BCUT2D eigenvalue weighted by Gasteiger charge is 2.35. The Bertz CT molecular complexity index is 1760. The Hall–Kier alpha value is -5.01. The number of amides is 2. The number of ether oxygens (including phenoxy) is 6. The standard InChI is InChI=1S/C40H49FN2O10/c1-9-26-16-17-32(50-22-48-7)33(34(26)41)35(44)27-12-14-28(15-13-27)38(46)52-31-11-10-18-43(39(47)53-40(4,5)6)21-30(31)42-37(45)29-19-24(2)36(25(3)20-29)51-23-49-8/h12-17,19-20,30-31H,9-11,18,21-23H2,1-8H3,(H,42,45)/t30-,31-/m1/s1. The van der Waals surface area contributed by atoms with Crippen molar-refractivity contribution in [1.82, 2.24) is 10.2 Å². The van der Waals surface area contributed by atoms with Crippen molar-refractivity contribution in [3.63, 3.8) is 0 Å². The van der Waals surface area contributed by atoms with E-state index in [1.54, 1.807) is 45.9 Å². The fraction of sp³-hybridized carbons (Fsp3) is 0.450. The molecule has 3 aromatic carbocycles. The average Bonchev–Trinajstić information content (AvgIpc) is 3.31. The van der Waals surface area contributed by atoms with Crippen LogP contribution < -0.4 is 14.8 Å². The van der Waals surface area contributed by atoms with Crippen molar-refractivity contribution >= 4 is 23.8 Å². The number of rotatable bonds is 13. The van der Waals surface area contributed by atoms with E-state index in [0.29, 0.717) is 42.7 Å². The number of ketones is 1. The van der Waals surface area contributed by atoms with Crippen LogP contribution in [0.1, 0.15) is 93.9 Å². The van der Waals surface area contributed by atoms with Crippen molar-refractivity contribution in [3.8, 4) is 11.5 Å². The fourth-order valence-electron chi connectivity index (χ4n) is 6.02. The molecule has 286 valence electrons. The number of carbonyl (C=O) groups excluding carboxylic acids is 4. The van der Waals surface area contributed by atoms with Crippen LogP contribution in [0, 0.1) is 19.7 Å². The molecule has 12 nitrogen and oxygen atoms in total. The normalized spacial score (nSPS) is 16.0. The molecule has 2 amide bonds. The van der Waals surface area contributed by atoms with E-state index in [0.717, 1.165) is 11.1 Å². The van der Waals surface area contributed by atoms with Crippen molar-refractivity contribution in [3.05, 3.63) is 93.3 Å². The number of hydrogen-bond acceptors (Lipinski definition) is 10. The summed E-state index contributed by atoms with van der Waals surface area (Å²) in [6.07, 6.45) is -0.192. The summed E-state index contributed by atoms with van der Waals surface area (Å²) in [6, 6.07) is 11.3. The van der Waals surface area contributed by atoms with Gasteiger partial charge >= 0.3 is 12.1 Å². The van der Waals surface area contributed by atoms with Gasteiger partial charge in [0.2, 0.25) is 0 Å². The molecule has 0 bridgehead atoms. The smallest absolute Gasteiger partial charge is 0.410 e. The first-order valence-corrected chi connectivity index (χ1v) is 17.5. The van der Waals surface area contributed by atoms with Gasteiger partial charge in [0.25, 0.3) is 5.91 Å². The van der Waals surface area contributed by atoms with Gasteiger partial charge < -0.3 is 38.6 Å². The van der Waals surface area contributed by atoms with Gasteiger partial charge in [-0.2, -0.15) is 0 Å². The summed E-state index contributed by atoms with van der Waals surface area (Å²) in [6.45, 7) is 10.9. The van der Waals surface area contributed by atoms with E-state index < -0.39 is 47.3 Å². The average molecular weight is 737 g/mol. The van der Waals surface area contributed by atoms with Crippen LogP contribution in [0.25, 0.3) is 0 Å². The molecule has 1 heterocycles. The molecule has 0 spiro atoms. The van der Waals surface area contributed by atoms with Crippen LogP contribution in [0.2, 0.25) is 0 Å². The highest BCUT2D eigenvalue weighted by molar-refractivity contribution is 6.11. The number of esters is 1. The minimum Gasteiger partial charge on any atom is -0.467 e. The first-order chi connectivity index (χ1) is 25.2. The summed E-state index contributed by atoms with van der Waals surface area (Å²) in [7, 11) is 2.93. The first kappa shape index (κ1) is 40.8. The number of hydrogen-bond donors (Lipinski definition) is 1. The van der Waals surface area contributed by atoms with Crippen molar-refractivity contribution in [1.29, 1.82) is 0 Å². The van der Waals surface area contributed by atoms with Crippen LogP contribution in [-0.4, -0.2) is 87.3 Å². The second kappa shape index (κ2) is 18.2. The highest BCUT2D eigenvalue weighted by atomic mass is 19.1. The maximum Gasteiger partial charge on any atom is 0.410 e. The lowest BCUT2D eigenvalue weighted by Crippen LogP contribution is -2.51. The Kier molecular flexibility index (Phi) is 14.0. The zero-order chi connectivity index (χ0) is 38.9. The van der Waals surface area contributed by atoms with Crippen LogP contribution in [-0.2, 0) is 25.4 Å². The third-order valence-electron chi connectivity index (χ3n) is 8.56. The third kappa shape index (κ3) is 10.5. The predicted molar refractivity (Wildman–Crippen MR) is 194 cm³/mol. The molecular weight excluding hydrogens is 687 g/mol. The summed E-state index contributed by atoms with van der Waals surface area (Å²) in [4.78, 5) is 55.4. The molecule has 13 heteroatoms. The lowest BCUT2D eigenvalue weighted by atomic mass is 9.97.